The second kappa shape index (κ2) is 6.23. The Balaban J connectivity index is 2.78. The van der Waals surface area contributed by atoms with Gasteiger partial charge in [0.2, 0.25) is 0 Å². The van der Waals surface area contributed by atoms with E-state index in [0.717, 1.165) is 0 Å². The number of ether oxygens (including phenoxy) is 1. The number of aromatic hydroxyl groups is 1. The molecular weight excluding hydrogens is 258 g/mol. The van der Waals surface area contributed by atoms with Crippen molar-refractivity contribution in [1.82, 2.24) is 0 Å². The number of nitrogens with one attached hydrogen (secondary N) is 1. The molecular formula is C15H19NO4. The standard InChI is InChI=1S/C15H19NO4/c1-10(17)5-6-11-7-8-12(9-13(11)18)16-14(19)20-15(2,3)4/h5-9,18H,1-4H3,(H,16,19)/b6-5+. The number of phenols is 1. The molecule has 0 aliphatic carbocycles. The van der Waals surface area contributed by atoms with Crippen LogP contribution in [0.25, 0.3) is 6.08 Å². The summed E-state index contributed by atoms with van der Waals surface area (Å²) >= 11 is 0. The van der Waals surface area contributed by atoms with Crippen LogP contribution in [0.1, 0.15) is 33.3 Å². The normalized spacial score (nSPS) is 11.4. The van der Waals surface area contributed by atoms with E-state index in [9.17, 15) is 14.7 Å². The molecule has 1 aromatic carbocycles. The first kappa shape index (κ1) is 15.8. The van der Waals surface area contributed by atoms with Crippen molar-refractivity contribution in [3.05, 3.63) is 29.8 Å². The summed E-state index contributed by atoms with van der Waals surface area (Å²) in [5.74, 6) is -0.142. The predicted molar refractivity (Wildman–Crippen MR) is 77.7 cm³/mol. The monoisotopic (exact) mass is 277 g/mol. The molecule has 0 atom stereocenters. The zero-order valence-electron chi connectivity index (χ0n) is 12.1. The number of hydrogen-bond donors (Lipinski definition) is 2. The molecule has 0 unspecified atom stereocenters. The molecule has 0 radical (unpaired) electrons. The summed E-state index contributed by atoms with van der Waals surface area (Å²) in [5, 5.41) is 12.3. The van der Waals surface area contributed by atoms with Crippen LogP contribution in [0.2, 0.25) is 0 Å². The largest absolute Gasteiger partial charge is 0.507 e. The highest BCUT2D eigenvalue weighted by Gasteiger charge is 2.16. The third kappa shape index (κ3) is 5.56. The maximum absolute atomic E-state index is 11.6. The molecule has 0 saturated heterocycles. The average Bonchev–Trinajstić information content (AvgIpc) is 2.24. The Morgan fingerprint density at radius 1 is 1.30 bits per heavy atom. The van der Waals surface area contributed by atoms with Crippen LogP contribution in [0.3, 0.4) is 0 Å². The summed E-state index contributed by atoms with van der Waals surface area (Å²) in [6.07, 6.45) is 2.27. The molecule has 1 rings (SSSR count). The van der Waals surface area contributed by atoms with Gasteiger partial charge in [0.15, 0.2) is 5.78 Å². The zero-order valence-corrected chi connectivity index (χ0v) is 12.1. The first-order valence-corrected chi connectivity index (χ1v) is 6.19. The topological polar surface area (TPSA) is 75.6 Å². The Morgan fingerprint density at radius 2 is 1.95 bits per heavy atom. The van der Waals surface area contributed by atoms with E-state index in [1.165, 1.54) is 25.1 Å². The van der Waals surface area contributed by atoms with Gasteiger partial charge in [0.25, 0.3) is 0 Å². The van der Waals surface area contributed by atoms with Crippen LogP contribution in [-0.2, 0) is 9.53 Å². The molecule has 0 heterocycles. The number of benzene rings is 1. The molecule has 5 nitrogen and oxygen atoms in total. The van der Waals surface area contributed by atoms with Gasteiger partial charge in [-0.1, -0.05) is 0 Å². The minimum absolute atomic E-state index is 0.0314. The second-order valence-corrected chi connectivity index (χ2v) is 5.34. The van der Waals surface area contributed by atoms with Gasteiger partial charge in [-0.2, -0.15) is 0 Å². The van der Waals surface area contributed by atoms with E-state index in [1.54, 1.807) is 32.9 Å². The van der Waals surface area contributed by atoms with E-state index >= 15 is 0 Å². The summed E-state index contributed by atoms with van der Waals surface area (Å²) in [4.78, 5) is 22.4. The number of hydrogen-bond acceptors (Lipinski definition) is 4. The molecule has 0 spiro atoms. The van der Waals surface area contributed by atoms with Crippen molar-refractivity contribution in [1.29, 1.82) is 0 Å². The fraction of sp³-hybridized carbons (Fsp3) is 0.333. The van der Waals surface area contributed by atoms with Crippen LogP contribution in [-0.4, -0.2) is 22.6 Å². The van der Waals surface area contributed by atoms with Gasteiger partial charge in [0.1, 0.15) is 11.4 Å². The Kier molecular flexibility index (Phi) is 4.91. The van der Waals surface area contributed by atoms with Crippen LogP contribution in [0.15, 0.2) is 24.3 Å². The first-order valence-electron chi connectivity index (χ1n) is 6.19. The predicted octanol–water partition coefficient (Wildman–Crippen LogP) is 3.34. The Bertz CT molecular complexity index is 541. The van der Waals surface area contributed by atoms with Crippen molar-refractivity contribution in [2.45, 2.75) is 33.3 Å². The molecule has 1 amide bonds. The summed E-state index contributed by atoms with van der Waals surface area (Å²) < 4.78 is 5.10. The molecule has 0 aliphatic heterocycles. The van der Waals surface area contributed by atoms with E-state index in [4.69, 9.17) is 4.74 Å². The fourth-order valence-corrected chi connectivity index (χ4v) is 1.39. The van der Waals surface area contributed by atoms with Gasteiger partial charge in [-0.3, -0.25) is 10.1 Å². The van der Waals surface area contributed by atoms with E-state index < -0.39 is 11.7 Å². The van der Waals surface area contributed by atoms with Crippen LogP contribution in [0.5, 0.6) is 5.75 Å². The Labute approximate surface area is 118 Å². The molecule has 1 aromatic rings. The lowest BCUT2D eigenvalue weighted by atomic mass is 10.1. The Hall–Kier alpha value is -2.30. The maximum Gasteiger partial charge on any atom is 0.412 e. The number of anilines is 1. The lowest BCUT2D eigenvalue weighted by Gasteiger charge is -2.19. The molecule has 108 valence electrons. The minimum atomic E-state index is -0.594. The first-order chi connectivity index (χ1) is 9.17. The quantitative estimate of drug-likeness (QED) is 0.831. The third-order valence-corrected chi connectivity index (χ3v) is 2.17. The summed E-state index contributed by atoms with van der Waals surface area (Å²) in [6.45, 7) is 6.71. The highest BCUT2D eigenvalue weighted by molar-refractivity contribution is 5.92. The van der Waals surface area contributed by atoms with Gasteiger partial charge >= 0.3 is 6.09 Å². The van der Waals surface area contributed by atoms with Gasteiger partial charge in [0.05, 0.1) is 0 Å². The number of carbonyl (C=O) groups is 2. The van der Waals surface area contributed by atoms with Crippen LogP contribution in [0.4, 0.5) is 10.5 Å². The number of ketones is 1. The highest BCUT2D eigenvalue weighted by atomic mass is 16.6. The molecule has 0 aliphatic rings. The second-order valence-electron chi connectivity index (χ2n) is 5.34. The molecule has 5 heteroatoms. The number of carbonyl (C=O) groups excluding carboxylic acids is 2. The molecule has 0 bridgehead atoms. The number of allylic oxidation sites excluding steroid dienone is 1. The minimum Gasteiger partial charge on any atom is -0.507 e. The fourth-order valence-electron chi connectivity index (χ4n) is 1.39. The van der Waals surface area contributed by atoms with Crippen molar-refractivity contribution in [3.8, 4) is 5.75 Å². The maximum atomic E-state index is 11.6. The van der Waals surface area contributed by atoms with Crippen molar-refractivity contribution in [3.63, 3.8) is 0 Å². The van der Waals surface area contributed by atoms with Crippen LogP contribution < -0.4 is 5.32 Å². The van der Waals surface area contributed by atoms with Gasteiger partial charge in [-0.25, -0.2) is 4.79 Å². The van der Waals surface area contributed by atoms with E-state index in [2.05, 4.69) is 5.32 Å². The van der Waals surface area contributed by atoms with Gasteiger partial charge in [-0.05, 0) is 52.0 Å². The van der Waals surface area contributed by atoms with Crippen molar-refractivity contribution in [2.24, 2.45) is 0 Å². The molecule has 0 aromatic heterocycles. The number of rotatable bonds is 3. The smallest absolute Gasteiger partial charge is 0.412 e. The number of phenolic OH excluding ortho intramolecular Hbond substituents is 1. The SMILES string of the molecule is CC(=O)/C=C/c1ccc(NC(=O)OC(C)(C)C)cc1O. The summed E-state index contributed by atoms with van der Waals surface area (Å²) in [7, 11) is 0. The van der Waals surface area contributed by atoms with Crippen molar-refractivity contribution >= 4 is 23.6 Å². The third-order valence-electron chi connectivity index (χ3n) is 2.17. The van der Waals surface area contributed by atoms with Gasteiger partial charge in [0, 0.05) is 17.3 Å². The Morgan fingerprint density at radius 3 is 2.45 bits per heavy atom. The van der Waals surface area contributed by atoms with Crippen molar-refractivity contribution < 1.29 is 19.4 Å². The lowest BCUT2D eigenvalue weighted by Crippen LogP contribution is -2.27. The van der Waals surface area contributed by atoms with Crippen LogP contribution in [0, 0.1) is 0 Å². The molecule has 0 saturated carbocycles. The molecule has 0 fully saturated rings. The van der Waals surface area contributed by atoms with Crippen LogP contribution >= 0.6 is 0 Å². The number of amides is 1. The van der Waals surface area contributed by atoms with E-state index in [1.807, 2.05) is 0 Å². The van der Waals surface area contributed by atoms with E-state index in [-0.39, 0.29) is 11.5 Å². The van der Waals surface area contributed by atoms with E-state index in [0.29, 0.717) is 11.3 Å². The summed E-state index contributed by atoms with van der Waals surface area (Å²) in [5.41, 5.74) is 0.322. The van der Waals surface area contributed by atoms with Crippen molar-refractivity contribution in [2.75, 3.05) is 5.32 Å². The average molecular weight is 277 g/mol. The zero-order chi connectivity index (χ0) is 15.3. The summed E-state index contributed by atoms with van der Waals surface area (Å²) in [6, 6.07) is 4.61. The van der Waals surface area contributed by atoms with Gasteiger partial charge in [-0.15, -0.1) is 0 Å². The lowest BCUT2D eigenvalue weighted by molar-refractivity contribution is -0.112. The highest BCUT2D eigenvalue weighted by Crippen LogP contribution is 2.23. The molecule has 2 N–H and O–H groups in total. The van der Waals surface area contributed by atoms with Gasteiger partial charge < -0.3 is 9.84 Å². The molecule has 20 heavy (non-hydrogen) atoms.